The zero-order chi connectivity index (χ0) is 35.3. The summed E-state index contributed by atoms with van der Waals surface area (Å²) >= 11 is 0. The van der Waals surface area contributed by atoms with Gasteiger partial charge in [0.2, 0.25) is 0 Å². The van der Waals surface area contributed by atoms with E-state index < -0.39 is 77.4 Å². The molecule has 0 radical (unpaired) electrons. The highest BCUT2D eigenvalue weighted by Crippen LogP contribution is 2.42. The van der Waals surface area contributed by atoms with Gasteiger partial charge in [-0.25, -0.2) is 14.0 Å². The predicted octanol–water partition coefficient (Wildman–Crippen LogP) is 10.00. The molecular formula is C33H21F10NO4. The molecule has 1 heterocycles. The molecule has 5 nitrogen and oxygen atoms in total. The number of alkyl halides is 9. The second-order valence-corrected chi connectivity index (χ2v) is 11.0. The predicted molar refractivity (Wildman–Crippen MR) is 150 cm³/mol. The van der Waals surface area contributed by atoms with Crippen molar-refractivity contribution < 1.29 is 63.3 Å². The number of benzene rings is 4. The number of carboxylic acids is 1. The van der Waals surface area contributed by atoms with Gasteiger partial charge in [-0.3, -0.25) is 4.90 Å². The summed E-state index contributed by atoms with van der Waals surface area (Å²) in [7, 11) is 0. The van der Waals surface area contributed by atoms with Crippen LogP contribution in [-0.2, 0) is 29.8 Å². The molecule has 1 amide bonds. The standard InChI is InChI=1S/C33H21F10NO4/c1-16-28(20-10-23(32(38,39)40)14-24(11-20)33(41,42)43)48-30(47)44(16)15-21-12-22(31(35,36)37)7-8-25(21)19-6-9-27(34)26(13-19)17-2-4-18(5-3-17)29(45)46/h2-14,16,28H,15H2,1H3,(H,45,46)/t16-,28-/m0/s1. The average molecular weight is 686 g/mol. The van der Waals surface area contributed by atoms with Gasteiger partial charge in [-0.2, -0.15) is 39.5 Å². The van der Waals surface area contributed by atoms with Crippen molar-refractivity contribution in [1.29, 1.82) is 0 Å². The van der Waals surface area contributed by atoms with Gasteiger partial charge in [0.1, 0.15) is 11.9 Å². The van der Waals surface area contributed by atoms with Gasteiger partial charge in [0.05, 0.1) is 34.8 Å². The van der Waals surface area contributed by atoms with E-state index >= 15 is 0 Å². The summed E-state index contributed by atoms with van der Waals surface area (Å²) in [5.41, 5.74) is -4.77. The van der Waals surface area contributed by atoms with Crippen LogP contribution in [0.4, 0.5) is 48.7 Å². The minimum atomic E-state index is -5.18. The Morgan fingerprint density at radius 1 is 0.729 bits per heavy atom. The third-order valence-corrected chi connectivity index (χ3v) is 7.82. The van der Waals surface area contributed by atoms with E-state index in [1.54, 1.807) is 0 Å². The van der Waals surface area contributed by atoms with Crippen LogP contribution in [0.25, 0.3) is 22.3 Å². The van der Waals surface area contributed by atoms with Gasteiger partial charge in [0, 0.05) is 5.56 Å². The molecule has 252 valence electrons. The third-order valence-electron chi connectivity index (χ3n) is 7.82. The number of carbonyl (C=O) groups is 2. The third kappa shape index (κ3) is 6.94. The van der Waals surface area contributed by atoms with Gasteiger partial charge in [0.15, 0.2) is 0 Å². The Bertz CT molecular complexity index is 1850. The first-order chi connectivity index (χ1) is 22.2. The first kappa shape index (κ1) is 34.3. The summed E-state index contributed by atoms with van der Waals surface area (Å²) in [6.45, 7) is 0.633. The van der Waals surface area contributed by atoms with Crippen LogP contribution >= 0.6 is 0 Å². The molecule has 0 unspecified atom stereocenters. The van der Waals surface area contributed by atoms with Gasteiger partial charge in [-0.15, -0.1) is 0 Å². The highest BCUT2D eigenvalue weighted by Gasteiger charge is 2.43. The maximum Gasteiger partial charge on any atom is 0.416 e. The zero-order valence-corrected chi connectivity index (χ0v) is 24.3. The van der Waals surface area contributed by atoms with Gasteiger partial charge in [-0.1, -0.05) is 24.3 Å². The largest absolute Gasteiger partial charge is 0.478 e. The minimum absolute atomic E-state index is 0.0330. The molecule has 2 atom stereocenters. The Morgan fingerprint density at radius 3 is 1.83 bits per heavy atom. The van der Waals surface area contributed by atoms with Crippen LogP contribution in [0.5, 0.6) is 0 Å². The Balaban J connectivity index is 1.55. The highest BCUT2D eigenvalue weighted by molar-refractivity contribution is 5.88. The van der Waals surface area contributed by atoms with Gasteiger partial charge in [0.25, 0.3) is 0 Å². The summed E-state index contributed by atoms with van der Waals surface area (Å²) in [6.07, 6.45) is -18.1. The van der Waals surface area contributed by atoms with Crippen LogP contribution in [0.3, 0.4) is 0 Å². The Labute approximate surface area is 265 Å². The van der Waals surface area contributed by atoms with Gasteiger partial charge >= 0.3 is 30.6 Å². The number of ether oxygens (including phenoxy) is 1. The molecule has 15 heteroatoms. The van der Waals surface area contributed by atoms with Gasteiger partial charge < -0.3 is 9.84 Å². The second-order valence-electron chi connectivity index (χ2n) is 11.0. The molecule has 1 aliphatic rings. The highest BCUT2D eigenvalue weighted by atomic mass is 19.4. The molecule has 4 aromatic carbocycles. The van der Waals surface area contributed by atoms with E-state index in [0.29, 0.717) is 12.1 Å². The van der Waals surface area contributed by atoms with E-state index in [-0.39, 0.29) is 39.4 Å². The zero-order valence-electron chi connectivity index (χ0n) is 24.3. The molecule has 1 saturated heterocycles. The molecule has 1 aliphatic heterocycles. The minimum Gasteiger partial charge on any atom is -0.478 e. The van der Waals surface area contributed by atoms with E-state index in [4.69, 9.17) is 9.84 Å². The lowest BCUT2D eigenvalue weighted by Gasteiger charge is -2.24. The molecule has 5 rings (SSSR count). The molecule has 0 aromatic heterocycles. The van der Waals surface area contributed by atoms with E-state index in [1.807, 2.05) is 0 Å². The molecule has 0 bridgehead atoms. The summed E-state index contributed by atoms with van der Waals surface area (Å²) in [4.78, 5) is 25.0. The fourth-order valence-electron chi connectivity index (χ4n) is 5.38. The molecular weight excluding hydrogens is 664 g/mol. The van der Waals surface area contributed by atoms with Gasteiger partial charge in [-0.05, 0) is 89.3 Å². The Kier molecular flexibility index (Phi) is 8.69. The first-order valence-electron chi connectivity index (χ1n) is 13.8. The first-order valence-corrected chi connectivity index (χ1v) is 13.8. The molecule has 48 heavy (non-hydrogen) atoms. The molecule has 0 saturated carbocycles. The number of hydrogen-bond donors (Lipinski definition) is 1. The number of cyclic esters (lactones) is 1. The van der Waals surface area contributed by atoms with Crippen molar-refractivity contribution in [2.75, 3.05) is 0 Å². The number of rotatable bonds is 6. The second kappa shape index (κ2) is 12.2. The lowest BCUT2D eigenvalue weighted by atomic mass is 9.93. The van der Waals surface area contributed by atoms with E-state index in [1.165, 1.54) is 43.3 Å². The van der Waals surface area contributed by atoms with E-state index in [0.717, 1.165) is 29.2 Å². The fourth-order valence-corrected chi connectivity index (χ4v) is 5.38. The summed E-state index contributed by atoms with van der Waals surface area (Å²) in [6, 6.07) is 10.7. The van der Waals surface area contributed by atoms with Crippen LogP contribution < -0.4 is 0 Å². The van der Waals surface area contributed by atoms with Crippen molar-refractivity contribution in [3.63, 3.8) is 0 Å². The van der Waals surface area contributed by atoms with Crippen LogP contribution in [0.1, 0.15) is 51.2 Å². The number of aromatic carboxylic acids is 1. The lowest BCUT2D eigenvalue weighted by molar-refractivity contribution is -0.143. The Morgan fingerprint density at radius 2 is 1.29 bits per heavy atom. The van der Waals surface area contributed by atoms with Crippen LogP contribution in [-0.4, -0.2) is 28.1 Å². The smallest absolute Gasteiger partial charge is 0.416 e. The van der Waals surface area contributed by atoms with Crippen molar-refractivity contribution in [3.8, 4) is 22.3 Å². The van der Waals surface area contributed by atoms with Crippen molar-refractivity contribution in [3.05, 3.63) is 118 Å². The molecule has 1 N–H and O–H groups in total. The fraction of sp³-hybridized carbons (Fsp3) is 0.212. The molecule has 4 aromatic rings. The topological polar surface area (TPSA) is 66.8 Å². The number of carbonyl (C=O) groups excluding carboxylic acids is 1. The van der Waals surface area contributed by atoms with E-state index in [9.17, 15) is 53.5 Å². The van der Waals surface area contributed by atoms with Crippen LogP contribution in [0, 0.1) is 5.82 Å². The Hall–Kier alpha value is -5.08. The van der Waals surface area contributed by atoms with Crippen LogP contribution in [0.2, 0.25) is 0 Å². The number of amides is 1. The molecule has 0 aliphatic carbocycles. The number of halogens is 10. The maximum atomic E-state index is 14.9. The summed E-state index contributed by atoms with van der Waals surface area (Å²) in [5.74, 6) is -1.97. The lowest BCUT2D eigenvalue weighted by Crippen LogP contribution is -2.32. The number of hydrogen-bond acceptors (Lipinski definition) is 3. The van der Waals surface area contributed by atoms with E-state index in [2.05, 4.69) is 0 Å². The normalized spacial score (nSPS) is 17.1. The molecule has 0 spiro atoms. The van der Waals surface area contributed by atoms with Crippen molar-refractivity contribution in [2.45, 2.75) is 44.1 Å². The quantitative estimate of drug-likeness (QED) is 0.205. The summed E-state index contributed by atoms with van der Waals surface area (Å²) < 4.78 is 142. The monoisotopic (exact) mass is 685 g/mol. The SMILES string of the molecule is C[C@H]1[C@@H](c2cc(C(F)(F)F)cc(C(F)(F)F)c2)OC(=O)N1Cc1cc(C(F)(F)F)ccc1-c1ccc(F)c(-c2ccc(C(=O)O)cc2)c1. The van der Waals surface area contributed by atoms with Crippen molar-refractivity contribution in [2.24, 2.45) is 0 Å². The average Bonchev–Trinajstić information content (AvgIpc) is 3.28. The number of nitrogens with zero attached hydrogens (tertiary/aromatic N) is 1. The summed E-state index contributed by atoms with van der Waals surface area (Å²) in [5, 5.41) is 9.15. The van der Waals surface area contributed by atoms with Crippen molar-refractivity contribution in [1.82, 2.24) is 4.90 Å². The van der Waals surface area contributed by atoms with Crippen LogP contribution in [0.15, 0.2) is 78.9 Å². The number of carboxylic acid groups (broad SMARTS) is 1. The maximum absolute atomic E-state index is 14.9. The van der Waals surface area contributed by atoms with Crippen molar-refractivity contribution >= 4 is 12.1 Å². The molecule has 1 fully saturated rings.